The molecular weight excluding hydrogens is 228 g/mol. The molecule has 0 amide bonds. The highest BCUT2D eigenvalue weighted by molar-refractivity contribution is 5.82. The minimum atomic E-state index is -0.602. The average Bonchev–Trinajstić information content (AvgIpc) is 2.38. The van der Waals surface area contributed by atoms with Crippen LogP contribution >= 0.6 is 0 Å². The van der Waals surface area contributed by atoms with Gasteiger partial charge in [0.1, 0.15) is 6.10 Å². The summed E-state index contributed by atoms with van der Waals surface area (Å²) >= 11 is 0. The normalized spacial score (nSPS) is 20.9. The first-order chi connectivity index (χ1) is 8.74. The highest BCUT2D eigenvalue weighted by Crippen LogP contribution is 2.14. The zero-order valence-corrected chi connectivity index (χ0v) is 10.0. The maximum absolute atomic E-state index is 11.0. The van der Waals surface area contributed by atoms with Crippen LogP contribution in [-0.4, -0.2) is 23.3 Å². The predicted octanol–water partition coefficient (Wildman–Crippen LogP) is 2.32. The van der Waals surface area contributed by atoms with Crippen LogP contribution in [0.5, 0.6) is 0 Å². The Labute approximate surface area is 106 Å². The molecule has 1 aromatic carbocycles. The molecule has 0 aromatic heterocycles. The van der Waals surface area contributed by atoms with Crippen molar-refractivity contribution in [2.75, 3.05) is 0 Å². The molecule has 3 heteroatoms. The highest BCUT2D eigenvalue weighted by atomic mass is 16.5. The second-order valence-corrected chi connectivity index (χ2v) is 4.27. The van der Waals surface area contributed by atoms with Crippen molar-refractivity contribution < 1.29 is 14.6 Å². The third kappa shape index (κ3) is 3.86. The number of aliphatic hydroxyl groups is 1. The molecule has 1 aliphatic rings. The van der Waals surface area contributed by atoms with Gasteiger partial charge in [-0.3, -0.25) is 0 Å². The third-order valence-electron chi connectivity index (χ3n) is 2.75. The number of carbonyl (C=O) groups excluding carboxylic acids is 1. The summed E-state index contributed by atoms with van der Waals surface area (Å²) in [7, 11) is 0. The number of aliphatic hydroxyl groups excluding tert-OH is 1. The van der Waals surface area contributed by atoms with Crippen molar-refractivity contribution >= 4 is 12.0 Å². The topological polar surface area (TPSA) is 46.5 Å². The summed E-state index contributed by atoms with van der Waals surface area (Å²) in [5.74, 6) is -0.328. The molecule has 0 radical (unpaired) electrons. The largest absolute Gasteiger partial charge is 0.459 e. The molecule has 18 heavy (non-hydrogen) atoms. The quantitative estimate of drug-likeness (QED) is 0.827. The molecular formula is C15H16O3. The molecule has 2 rings (SSSR count). The van der Waals surface area contributed by atoms with Gasteiger partial charge in [0, 0.05) is 18.9 Å². The van der Waals surface area contributed by atoms with Crippen molar-refractivity contribution in [1.29, 1.82) is 0 Å². The van der Waals surface area contributed by atoms with Crippen molar-refractivity contribution in [1.82, 2.24) is 0 Å². The van der Waals surface area contributed by atoms with Gasteiger partial charge in [-0.05, 0) is 5.56 Å². The Bertz CT molecular complexity index is 448. The number of ether oxygens (including phenoxy) is 1. The molecule has 0 bridgehead atoms. The number of esters is 1. The van der Waals surface area contributed by atoms with Crippen LogP contribution in [0.2, 0.25) is 0 Å². The van der Waals surface area contributed by atoms with Crippen molar-refractivity contribution in [3.8, 4) is 0 Å². The molecule has 1 aromatic rings. The van der Waals surface area contributed by atoms with E-state index >= 15 is 0 Å². The van der Waals surface area contributed by atoms with Gasteiger partial charge in [-0.15, -0.1) is 0 Å². The summed E-state index contributed by atoms with van der Waals surface area (Å²) in [5.41, 5.74) is 1.04. The monoisotopic (exact) mass is 244 g/mol. The molecule has 1 heterocycles. The van der Waals surface area contributed by atoms with Gasteiger partial charge in [-0.2, -0.15) is 0 Å². The van der Waals surface area contributed by atoms with E-state index in [9.17, 15) is 9.90 Å². The Morgan fingerprint density at radius 1 is 1.39 bits per heavy atom. The number of benzene rings is 1. The number of rotatable bonds is 4. The van der Waals surface area contributed by atoms with E-state index in [1.807, 2.05) is 36.4 Å². The van der Waals surface area contributed by atoms with Gasteiger partial charge >= 0.3 is 5.97 Å². The second kappa shape index (κ2) is 6.17. The zero-order valence-electron chi connectivity index (χ0n) is 10.0. The first-order valence-electron chi connectivity index (χ1n) is 6.02. The van der Waals surface area contributed by atoms with Crippen LogP contribution in [0.1, 0.15) is 18.4 Å². The molecule has 94 valence electrons. The first-order valence-corrected chi connectivity index (χ1v) is 6.02. The van der Waals surface area contributed by atoms with Crippen molar-refractivity contribution in [3.05, 3.63) is 54.1 Å². The first kappa shape index (κ1) is 12.6. The van der Waals surface area contributed by atoms with Crippen LogP contribution in [0.3, 0.4) is 0 Å². The fourth-order valence-corrected chi connectivity index (χ4v) is 1.85. The number of carbonyl (C=O) groups is 1. The molecule has 0 spiro atoms. The van der Waals surface area contributed by atoms with Crippen molar-refractivity contribution in [2.45, 2.75) is 25.0 Å². The summed E-state index contributed by atoms with van der Waals surface area (Å²) in [6, 6.07) is 9.76. The van der Waals surface area contributed by atoms with Crippen LogP contribution in [0.15, 0.2) is 48.6 Å². The van der Waals surface area contributed by atoms with Gasteiger partial charge in [-0.25, -0.2) is 4.79 Å². The van der Waals surface area contributed by atoms with Crippen molar-refractivity contribution in [3.63, 3.8) is 0 Å². The van der Waals surface area contributed by atoms with Crippen LogP contribution in [0.25, 0.3) is 6.08 Å². The fourth-order valence-electron chi connectivity index (χ4n) is 1.85. The molecule has 0 saturated carbocycles. The van der Waals surface area contributed by atoms with E-state index in [4.69, 9.17) is 4.74 Å². The Balaban J connectivity index is 1.85. The molecule has 2 atom stereocenters. The van der Waals surface area contributed by atoms with E-state index < -0.39 is 6.10 Å². The van der Waals surface area contributed by atoms with Crippen LogP contribution in [-0.2, 0) is 9.53 Å². The van der Waals surface area contributed by atoms with Gasteiger partial charge in [0.25, 0.3) is 0 Å². The summed E-state index contributed by atoms with van der Waals surface area (Å²) in [4.78, 5) is 11.0. The van der Waals surface area contributed by atoms with E-state index in [0.29, 0.717) is 12.8 Å². The van der Waals surface area contributed by atoms with E-state index in [-0.39, 0.29) is 12.1 Å². The maximum atomic E-state index is 11.0. The lowest BCUT2D eigenvalue weighted by Crippen LogP contribution is -2.24. The summed E-state index contributed by atoms with van der Waals surface area (Å²) in [6.07, 6.45) is 7.06. The molecule has 1 aliphatic heterocycles. The average molecular weight is 244 g/mol. The lowest BCUT2D eigenvalue weighted by molar-refractivity contribution is -0.145. The molecule has 1 N–H and O–H groups in total. The van der Waals surface area contributed by atoms with E-state index in [2.05, 4.69) is 0 Å². The smallest absolute Gasteiger partial charge is 0.330 e. The van der Waals surface area contributed by atoms with Crippen LogP contribution in [0, 0.1) is 0 Å². The summed E-state index contributed by atoms with van der Waals surface area (Å²) in [6.45, 7) is 0. The Morgan fingerprint density at radius 3 is 2.89 bits per heavy atom. The number of hydrogen-bond acceptors (Lipinski definition) is 3. The number of hydrogen-bond donors (Lipinski definition) is 1. The van der Waals surface area contributed by atoms with E-state index in [1.165, 1.54) is 6.08 Å². The highest BCUT2D eigenvalue weighted by Gasteiger charge is 2.18. The van der Waals surface area contributed by atoms with Gasteiger partial charge in [0.05, 0.1) is 6.10 Å². The Kier molecular flexibility index (Phi) is 4.31. The van der Waals surface area contributed by atoms with Gasteiger partial charge in [-0.1, -0.05) is 48.6 Å². The zero-order chi connectivity index (χ0) is 12.8. The molecule has 0 saturated heterocycles. The van der Waals surface area contributed by atoms with E-state index in [1.54, 1.807) is 12.2 Å². The van der Waals surface area contributed by atoms with Crippen molar-refractivity contribution in [2.24, 2.45) is 0 Å². The molecule has 0 unspecified atom stereocenters. The van der Waals surface area contributed by atoms with Gasteiger partial charge in [0.2, 0.25) is 0 Å². The minimum absolute atomic E-state index is 0.224. The second-order valence-electron chi connectivity index (χ2n) is 4.27. The van der Waals surface area contributed by atoms with Crippen LogP contribution < -0.4 is 0 Å². The number of cyclic esters (lactones) is 1. The minimum Gasteiger partial charge on any atom is -0.459 e. The van der Waals surface area contributed by atoms with Crippen LogP contribution in [0.4, 0.5) is 0 Å². The summed E-state index contributed by atoms with van der Waals surface area (Å²) < 4.78 is 5.09. The summed E-state index contributed by atoms with van der Waals surface area (Å²) in [5, 5.41) is 9.85. The third-order valence-corrected chi connectivity index (χ3v) is 2.75. The molecule has 0 fully saturated rings. The Morgan fingerprint density at radius 2 is 2.17 bits per heavy atom. The maximum Gasteiger partial charge on any atom is 0.330 e. The standard InChI is InChI=1S/C15H16O3/c16-13(10-9-12-5-2-1-3-6-12)11-14-7-4-8-15(17)18-14/h1-6,8-10,13-14,16H,7,11H2/b10-9+/t13-,14-/m0/s1. The predicted molar refractivity (Wildman–Crippen MR) is 69.7 cm³/mol. The lowest BCUT2D eigenvalue weighted by Gasteiger charge is -2.20. The lowest BCUT2D eigenvalue weighted by atomic mass is 10.1. The van der Waals surface area contributed by atoms with E-state index in [0.717, 1.165) is 5.56 Å². The SMILES string of the molecule is O=C1C=CC[C@@H](C[C@@H](O)/C=C/c2ccccc2)O1. The fraction of sp³-hybridized carbons (Fsp3) is 0.267. The molecule has 3 nitrogen and oxygen atoms in total. The van der Waals surface area contributed by atoms with Gasteiger partial charge < -0.3 is 9.84 Å². The Hall–Kier alpha value is -1.87. The van der Waals surface area contributed by atoms with Gasteiger partial charge in [0.15, 0.2) is 0 Å². The molecule has 0 aliphatic carbocycles.